The van der Waals surface area contributed by atoms with E-state index in [0.717, 1.165) is 12.0 Å². The third kappa shape index (κ3) is 3.74. The number of hydrogen-bond donors (Lipinski definition) is 2. The van der Waals surface area contributed by atoms with Crippen LogP contribution in [0.1, 0.15) is 28.9 Å². The molecule has 2 aromatic rings. The van der Waals surface area contributed by atoms with Gasteiger partial charge in [0.05, 0.1) is 11.1 Å². The van der Waals surface area contributed by atoms with Crippen molar-refractivity contribution < 1.29 is 9.90 Å². The van der Waals surface area contributed by atoms with Gasteiger partial charge >= 0.3 is 0 Å². The van der Waals surface area contributed by atoms with Crippen molar-refractivity contribution in [2.24, 2.45) is 13.0 Å². The molecule has 1 saturated carbocycles. The highest BCUT2D eigenvalue weighted by Gasteiger charge is 2.35. The van der Waals surface area contributed by atoms with Crippen LogP contribution in [0, 0.1) is 5.92 Å². The second-order valence-electron chi connectivity index (χ2n) is 6.15. The number of halogens is 1. The fourth-order valence-electron chi connectivity index (χ4n) is 3.01. The lowest BCUT2D eigenvalue weighted by molar-refractivity contribution is 0.0238. The second kappa shape index (κ2) is 6.72. The molecule has 1 heterocycles. The summed E-state index contributed by atoms with van der Waals surface area (Å²) >= 11 is 6.05. The van der Waals surface area contributed by atoms with Crippen LogP contribution in [0.3, 0.4) is 0 Å². The van der Waals surface area contributed by atoms with Gasteiger partial charge in [0.25, 0.3) is 5.91 Å². The maximum atomic E-state index is 12.5. The zero-order valence-corrected chi connectivity index (χ0v) is 13.7. The lowest BCUT2D eigenvalue weighted by Crippen LogP contribution is -2.48. The Balaban J connectivity index is 1.73. The first kappa shape index (κ1) is 16.0. The van der Waals surface area contributed by atoms with Gasteiger partial charge in [-0.15, -0.1) is 0 Å². The third-order valence-corrected chi connectivity index (χ3v) is 4.61. The van der Waals surface area contributed by atoms with Crippen molar-refractivity contribution in [2.45, 2.75) is 31.4 Å². The maximum Gasteiger partial charge on any atom is 0.273 e. The van der Waals surface area contributed by atoms with Crippen molar-refractivity contribution in [3.05, 3.63) is 52.8 Å². The Morgan fingerprint density at radius 3 is 2.70 bits per heavy atom. The quantitative estimate of drug-likeness (QED) is 0.881. The molecule has 0 saturated heterocycles. The van der Waals surface area contributed by atoms with Crippen molar-refractivity contribution in [1.29, 1.82) is 0 Å². The monoisotopic (exact) mass is 333 g/mol. The van der Waals surface area contributed by atoms with Gasteiger partial charge in [-0.1, -0.05) is 41.9 Å². The first-order chi connectivity index (χ1) is 11.0. The summed E-state index contributed by atoms with van der Waals surface area (Å²) in [5, 5.41) is 17.1. The van der Waals surface area contributed by atoms with Gasteiger partial charge in [-0.2, -0.15) is 5.10 Å². The van der Waals surface area contributed by atoms with Gasteiger partial charge in [-0.05, 0) is 30.7 Å². The van der Waals surface area contributed by atoms with Gasteiger partial charge in [0, 0.05) is 19.3 Å². The molecule has 0 radical (unpaired) electrons. The highest BCUT2D eigenvalue weighted by atomic mass is 35.5. The summed E-state index contributed by atoms with van der Waals surface area (Å²) in [7, 11) is 1.73. The number of nitrogens with zero attached hydrogens (tertiary/aromatic N) is 2. The van der Waals surface area contributed by atoms with E-state index in [1.807, 2.05) is 30.3 Å². The molecule has 23 heavy (non-hydrogen) atoms. The Hall–Kier alpha value is -1.85. The number of nitrogens with one attached hydrogen (secondary N) is 1. The molecule has 1 aliphatic rings. The zero-order valence-electron chi connectivity index (χ0n) is 12.9. The standard InChI is InChI=1S/C17H20ClN3O2/c1-21-10-14(18)16(20-21)17(23)19-15(12-8-13(22)9-12)7-11-5-3-2-4-6-11/h2-6,10,12-13,15,22H,7-9H2,1H3,(H,19,23)/t12?,13?,15-/m0/s1. The molecule has 122 valence electrons. The number of carbonyl (C=O) groups excluding carboxylic acids is 1. The van der Waals surface area contributed by atoms with Gasteiger partial charge in [0.1, 0.15) is 0 Å². The lowest BCUT2D eigenvalue weighted by atomic mass is 9.75. The molecule has 6 heteroatoms. The molecule has 3 rings (SSSR count). The summed E-state index contributed by atoms with van der Waals surface area (Å²) in [6.07, 6.45) is 3.51. The molecule has 1 aliphatic carbocycles. The van der Waals surface area contributed by atoms with E-state index in [9.17, 15) is 9.90 Å². The van der Waals surface area contributed by atoms with Crippen LogP contribution in [0.15, 0.2) is 36.5 Å². The van der Waals surface area contributed by atoms with E-state index in [1.165, 1.54) is 4.68 Å². The number of aryl methyl sites for hydroxylation is 1. The Kier molecular flexibility index (Phi) is 4.68. The summed E-state index contributed by atoms with van der Waals surface area (Å²) in [6.45, 7) is 0. The van der Waals surface area contributed by atoms with E-state index >= 15 is 0 Å². The van der Waals surface area contributed by atoms with Crippen molar-refractivity contribution in [1.82, 2.24) is 15.1 Å². The fraction of sp³-hybridized carbons (Fsp3) is 0.412. The highest BCUT2D eigenvalue weighted by molar-refractivity contribution is 6.33. The zero-order chi connectivity index (χ0) is 16.4. The van der Waals surface area contributed by atoms with Gasteiger partial charge in [0.15, 0.2) is 5.69 Å². The normalized spacial score (nSPS) is 21.5. The molecule has 5 nitrogen and oxygen atoms in total. The Morgan fingerprint density at radius 2 is 2.13 bits per heavy atom. The Labute approximate surface area is 140 Å². The molecule has 0 spiro atoms. The first-order valence-corrected chi connectivity index (χ1v) is 8.12. The molecular weight excluding hydrogens is 314 g/mol. The van der Waals surface area contributed by atoms with Gasteiger partial charge < -0.3 is 10.4 Å². The van der Waals surface area contributed by atoms with Crippen molar-refractivity contribution in [3.63, 3.8) is 0 Å². The predicted molar refractivity (Wildman–Crippen MR) is 88.3 cm³/mol. The number of hydrogen-bond acceptors (Lipinski definition) is 3. The van der Waals surface area contributed by atoms with Gasteiger partial charge in [-0.3, -0.25) is 9.48 Å². The third-order valence-electron chi connectivity index (χ3n) is 4.33. The van der Waals surface area contributed by atoms with Crippen LogP contribution in [-0.4, -0.2) is 32.9 Å². The lowest BCUT2D eigenvalue weighted by Gasteiger charge is -2.38. The van der Waals surface area contributed by atoms with Crippen LogP contribution in [0.2, 0.25) is 5.02 Å². The van der Waals surface area contributed by atoms with Gasteiger partial charge in [-0.25, -0.2) is 0 Å². The van der Waals surface area contributed by atoms with E-state index in [2.05, 4.69) is 10.4 Å². The van der Waals surface area contributed by atoms with Crippen LogP contribution in [0.25, 0.3) is 0 Å². The van der Waals surface area contributed by atoms with Crippen LogP contribution in [0.5, 0.6) is 0 Å². The van der Waals surface area contributed by atoms with Crippen molar-refractivity contribution >= 4 is 17.5 Å². The van der Waals surface area contributed by atoms with E-state index in [-0.39, 0.29) is 29.7 Å². The van der Waals surface area contributed by atoms with Crippen molar-refractivity contribution in [3.8, 4) is 0 Å². The number of benzene rings is 1. The number of aliphatic hydroxyl groups excluding tert-OH is 1. The predicted octanol–water partition coefficient (Wildman–Crippen LogP) is 2.19. The van der Waals surface area contributed by atoms with Crippen LogP contribution < -0.4 is 5.32 Å². The average molecular weight is 334 g/mol. The smallest absolute Gasteiger partial charge is 0.273 e. The van der Waals surface area contributed by atoms with E-state index in [1.54, 1.807) is 13.2 Å². The Bertz CT molecular complexity index is 680. The van der Waals surface area contributed by atoms with Gasteiger partial charge in [0.2, 0.25) is 0 Å². The highest BCUT2D eigenvalue weighted by Crippen LogP contribution is 2.32. The first-order valence-electron chi connectivity index (χ1n) is 7.75. The summed E-state index contributed by atoms with van der Waals surface area (Å²) in [5.41, 5.74) is 1.40. The number of amides is 1. The molecular formula is C17H20ClN3O2. The summed E-state index contributed by atoms with van der Waals surface area (Å²) in [5.74, 6) is 0.00886. The number of rotatable bonds is 5. The topological polar surface area (TPSA) is 67.2 Å². The molecule has 1 atom stereocenters. The summed E-state index contributed by atoms with van der Waals surface area (Å²) < 4.78 is 1.52. The molecule has 2 N–H and O–H groups in total. The molecule has 1 amide bonds. The minimum atomic E-state index is -0.266. The Morgan fingerprint density at radius 1 is 1.43 bits per heavy atom. The molecule has 1 aromatic carbocycles. The van der Waals surface area contributed by atoms with E-state index in [4.69, 9.17) is 11.6 Å². The van der Waals surface area contributed by atoms with Crippen LogP contribution in [0.4, 0.5) is 0 Å². The molecule has 0 bridgehead atoms. The minimum absolute atomic E-state index is 0.0358. The molecule has 1 fully saturated rings. The number of aromatic nitrogens is 2. The largest absolute Gasteiger partial charge is 0.393 e. The molecule has 0 unspecified atom stereocenters. The van der Waals surface area contributed by atoms with Crippen molar-refractivity contribution in [2.75, 3.05) is 0 Å². The fourth-order valence-corrected chi connectivity index (χ4v) is 3.28. The minimum Gasteiger partial charge on any atom is -0.393 e. The van der Waals surface area contributed by atoms with Crippen LogP contribution >= 0.6 is 11.6 Å². The summed E-state index contributed by atoms with van der Waals surface area (Å²) in [4.78, 5) is 12.5. The second-order valence-corrected chi connectivity index (χ2v) is 6.56. The average Bonchev–Trinajstić information content (AvgIpc) is 2.83. The molecule has 1 aromatic heterocycles. The van der Waals surface area contributed by atoms with E-state index in [0.29, 0.717) is 17.9 Å². The maximum absolute atomic E-state index is 12.5. The van der Waals surface area contributed by atoms with E-state index < -0.39 is 0 Å². The summed E-state index contributed by atoms with van der Waals surface area (Å²) in [6, 6.07) is 9.99. The molecule has 0 aliphatic heterocycles. The van der Waals surface area contributed by atoms with Crippen LogP contribution in [-0.2, 0) is 13.5 Å². The SMILES string of the molecule is Cn1cc(Cl)c(C(=O)N[C@@H](Cc2ccccc2)C2CC(O)C2)n1. The number of carbonyl (C=O) groups is 1. The number of aliphatic hydroxyl groups is 1.